The van der Waals surface area contributed by atoms with Gasteiger partial charge in [-0.05, 0) is 5.41 Å². The van der Waals surface area contributed by atoms with Gasteiger partial charge in [-0.2, -0.15) is 0 Å². The van der Waals surface area contributed by atoms with Crippen LogP contribution in [-0.4, -0.2) is 11.1 Å². The van der Waals surface area contributed by atoms with E-state index >= 15 is 0 Å². The van der Waals surface area contributed by atoms with Gasteiger partial charge in [0.25, 0.3) is 0 Å². The smallest absolute Gasteiger partial charge is 0.327 e. The SMILES string of the molecule is C=CC(=O)O.CCC(C)(C)C. The molecule has 11 heavy (non-hydrogen) atoms. The van der Waals surface area contributed by atoms with Crippen LogP contribution >= 0.6 is 0 Å². The van der Waals surface area contributed by atoms with Gasteiger partial charge < -0.3 is 5.11 Å². The third kappa shape index (κ3) is 27.0. The molecule has 0 aromatic rings. The minimum atomic E-state index is -0.981. The molecule has 0 unspecified atom stereocenters. The van der Waals surface area contributed by atoms with Gasteiger partial charge in [0.2, 0.25) is 0 Å². The molecule has 0 aromatic carbocycles. The molecule has 0 aliphatic carbocycles. The van der Waals surface area contributed by atoms with Crippen molar-refractivity contribution in [3.8, 4) is 0 Å². The largest absolute Gasteiger partial charge is 0.478 e. The summed E-state index contributed by atoms with van der Waals surface area (Å²) in [5.41, 5.74) is 0.542. The molecule has 0 bridgehead atoms. The molecule has 0 heterocycles. The molecule has 2 heteroatoms. The summed E-state index contributed by atoms with van der Waals surface area (Å²) in [4.78, 5) is 9.25. The molecular formula is C9H18O2. The first kappa shape index (κ1) is 12.8. The Morgan fingerprint density at radius 3 is 1.73 bits per heavy atom. The molecule has 66 valence electrons. The van der Waals surface area contributed by atoms with Gasteiger partial charge in [-0.1, -0.05) is 40.7 Å². The Labute approximate surface area is 68.9 Å². The second-order valence-corrected chi connectivity index (χ2v) is 3.46. The van der Waals surface area contributed by atoms with Crippen LogP contribution in [0.5, 0.6) is 0 Å². The highest BCUT2D eigenvalue weighted by atomic mass is 16.4. The molecule has 0 aromatic heterocycles. The second-order valence-electron chi connectivity index (χ2n) is 3.46. The van der Waals surface area contributed by atoms with Crippen molar-refractivity contribution >= 4 is 5.97 Å². The van der Waals surface area contributed by atoms with E-state index in [9.17, 15) is 4.79 Å². The van der Waals surface area contributed by atoms with Crippen LogP contribution in [0.25, 0.3) is 0 Å². The Bertz CT molecular complexity index is 120. The van der Waals surface area contributed by atoms with Crippen LogP contribution in [0.4, 0.5) is 0 Å². The highest BCUT2D eigenvalue weighted by Gasteiger charge is 2.03. The summed E-state index contributed by atoms with van der Waals surface area (Å²) in [6, 6.07) is 0. The van der Waals surface area contributed by atoms with Crippen molar-refractivity contribution in [3.63, 3.8) is 0 Å². The summed E-state index contributed by atoms with van der Waals surface area (Å²) < 4.78 is 0. The van der Waals surface area contributed by atoms with Crippen LogP contribution in [0.15, 0.2) is 12.7 Å². The fraction of sp³-hybridized carbons (Fsp3) is 0.667. The van der Waals surface area contributed by atoms with E-state index < -0.39 is 5.97 Å². The Morgan fingerprint density at radius 1 is 1.55 bits per heavy atom. The van der Waals surface area contributed by atoms with Crippen molar-refractivity contribution in [2.24, 2.45) is 5.41 Å². The van der Waals surface area contributed by atoms with E-state index in [1.165, 1.54) is 6.42 Å². The van der Waals surface area contributed by atoms with Gasteiger partial charge in [0.05, 0.1) is 0 Å². The Morgan fingerprint density at radius 2 is 1.73 bits per heavy atom. The summed E-state index contributed by atoms with van der Waals surface area (Å²) >= 11 is 0. The third-order valence-electron chi connectivity index (χ3n) is 1.24. The highest BCUT2D eigenvalue weighted by Crippen LogP contribution is 2.16. The lowest BCUT2D eigenvalue weighted by Crippen LogP contribution is -2.00. The predicted octanol–water partition coefficient (Wildman–Crippen LogP) is 2.70. The lowest BCUT2D eigenvalue weighted by atomic mass is 9.94. The lowest BCUT2D eigenvalue weighted by molar-refractivity contribution is -0.131. The van der Waals surface area contributed by atoms with Gasteiger partial charge in [0, 0.05) is 6.08 Å². The first-order valence-corrected chi connectivity index (χ1v) is 3.69. The van der Waals surface area contributed by atoms with Crippen LogP contribution in [0.3, 0.4) is 0 Å². The van der Waals surface area contributed by atoms with Crippen molar-refractivity contribution in [1.82, 2.24) is 0 Å². The van der Waals surface area contributed by atoms with Gasteiger partial charge in [0.15, 0.2) is 0 Å². The minimum absolute atomic E-state index is 0.542. The Kier molecular flexibility index (Phi) is 6.96. The lowest BCUT2D eigenvalue weighted by Gasteiger charge is -2.12. The number of hydrogen-bond acceptors (Lipinski definition) is 1. The van der Waals surface area contributed by atoms with E-state index in [-0.39, 0.29) is 0 Å². The molecule has 0 aliphatic rings. The van der Waals surface area contributed by atoms with Gasteiger partial charge in [-0.25, -0.2) is 4.79 Å². The van der Waals surface area contributed by atoms with Crippen LogP contribution < -0.4 is 0 Å². The fourth-order valence-corrected chi connectivity index (χ4v) is 0. The third-order valence-corrected chi connectivity index (χ3v) is 1.24. The van der Waals surface area contributed by atoms with Crippen LogP contribution in [-0.2, 0) is 4.79 Å². The van der Waals surface area contributed by atoms with Gasteiger partial charge in [-0.3, -0.25) is 0 Å². The van der Waals surface area contributed by atoms with Crippen molar-refractivity contribution < 1.29 is 9.90 Å². The molecule has 0 aliphatic heterocycles. The van der Waals surface area contributed by atoms with Gasteiger partial charge >= 0.3 is 5.97 Å². The van der Waals surface area contributed by atoms with Crippen LogP contribution in [0, 0.1) is 5.41 Å². The first-order valence-electron chi connectivity index (χ1n) is 3.69. The first-order chi connectivity index (χ1) is 4.83. The molecule has 0 fully saturated rings. The van der Waals surface area contributed by atoms with E-state index in [1.54, 1.807) is 0 Å². The Balaban J connectivity index is 0. The van der Waals surface area contributed by atoms with E-state index in [0.717, 1.165) is 6.08 Å². The molecule has 0 atom stereocenters. The van der Waals surface area contributed by atoms with Crippen LogP contribution in [0.1, 0.15) is 34.1 Å². The molecule has 0 spiro atoms. The maximum atomic E-state index is 9.25. The zero-order valence-corrected chi connectivity index (χ0v) is 7.85. The topological polar surface area (TPSA) is 37.3 Å². The minimum Gasteiger partial charge on any atom is -0.478 e. The molecule has 0 saturated carbocycles. The summed E-state index contributed by atoms with van der Waals surface area (Å²) in [7, 11) is 0. The fourth-order valence-electron chi connectivity index (χ4n) is 0. The quantitative estimate of drug-likeness (QED) is 0.596. The summed E-state index contributed by atoms with van der Waals surface area (Å²) in [5.74, 6) is -0.981. The predicted molar refractivity (Wildman–Crippen MR) is 47.6 cm³/mol. The van der Waals surface area contributed by atoms with E-state index in [2.05, 4.69) is 34.3 Å². The molecule has 0 radical (unpaired) electrons. The highest BCUT2D eigenvalue weighted by molar-refractivity contribution is 5.78. The average molecular weight is 158 g/mol. The van der Waals surface area contributed by atoms with Crippen molar-refractivity contribution in [2.45, 2.75) is 34.1 Å². The number of carboxylic acid groups (broad SMARTS) is 1. The standard InChI is InChI=1S/C6H14.C3H4O2/c1-5-6(2,3)4;1-2-3(4)5/h5H2,1-4H3;2H,1H2,(H,4,5). The van der Waals surface area contributed by atoms with Crippen LogP contribution in [0.2, 0.25) is 0 Å². The summed E-state index contributed by atoms with van der Waals surface area (Å²) in [5, 5.41) is 7.60. The number of carbonyl (C=O) groups is 1. The average Bonchev–Trinajstić information content (AvgIpc) is 1.88. The number of carboxylic acids is 1. The van der Waals surface area contributed by atoms with Gasteiger partial charge in [0.1, 0.15) is 0 Å². The van der Waals surface area contributed by atoms with E-state index in [1.807, 2.05) is 0 Å². The zero-order valence-electron chi connectivity index (χ0n) is 7.85. The number of aliphatic carboxylic acids is 1. The maximum absolute atomic E-state index is 9.25. The summed E-state index contributed by atoms with van der Waals surface area (Å²) in [6.07, 6.45) is 2.10. The zero-order chi connectivity index (χ0) is 9.49. The number of rotatable bonds is 1. The molecule has 0 rings (SSSR count). The normalized spacial score (nSPS) is 9.45. The maximum Gasteiger partial charge on any atom is 0.327 e. The molecule has 1 N–H and O–H groups in total. The number of hydrogen-bond donors (Lipinski definition) is 1. The Hall–Kier alpha value is -0.790. The van der Waals surface area contributed by atoms with Crippen molar-refractivity contribution in [1.29, 1.82) is 0 Å². The molecule has 0 saturated heterocycles. The monoisotopic (exact) mass is 158 g/mol. The van der Waals surface area contributed by atoms with Crippen molar-refractivity contribution in [3.05, 3.63) is 12.7 Å². The van der Waals surface area contributed by atoms with Crippen molar-refractivity contribution in [2.75, 3.05) is 0 Å². The molecule has 2 nitrogen and oxygen atoms in total. The molecular weight excluding hydrogens is 140 g/mol. The summed E-state index contributed by atoms with van der Waals surface area (Å²) in [6.45, 7) is 11.9. The van der Waals surface area contributed by atoms with E-state index in [0.29, 0.717) is 5.41 Å². The molecule has 0 amide bonds. The van der Waals surface area contributed by atoms with E-state index in [4.69, 9.17) is 5.11 Å². The van der Waals surface area contributed by atoms with Gasteiger partial charge in [-0.15, -0.1) is 0 Å². The second kappa shape index (κ2) is 5.96.